The van der Waals surface area contributed by atoms with E-state index in [1.165, 1.54) is 31.7 Å². The molecule has 11 heteroatoms. The zero-order valence-electron chi connectivity index (χ0n) is 15.3. The highest BCUT2D eigenvalue weighted by Crippen LogP contribution is 2.34. The van der Waals surface area contributed by atoms with Gasteiger partial charge in [-0.05, 0) is 31.2 Å². The van der Waals surface area contributed by atoms with Crippen molar-refractivity contribution in [1.29, 1.82) is 0 Å². The molecule has 0 radical (unpaired) electrons. The molecule has 0 atom stereocenters. The Hall–Kier alpha value is -2.95. The van der Waals surface area contributed by atoms with Crippen LogP contribution in [0.2, 0.25) is 5.02 Å². The molecule has 0 unspecified atom stereocenters. The first kappa shape index (κ1) is 20.8. The number of nitrogens with zero attached hydrogens (tertiary/aromatic N) is 2. The summed E-state index contributed by atoms with van der Waals surface area (Å²) < 4.78 is 53.1. The summed E-state index contributed by atoms with van der Waals surface area (Å²) in [4.78, 5) is 7.72. The molecule has 3 rings (SSSR count). The van der Waals surface area contributed by atoms with E-state index >= 15 is 0 Å². The molecule has 0 aliphatic rings. The third-order valence-electron chi connectivity index (χ3n) is 3.74. The van der Waals surface area contributed by atoms with E-state index in [0.717, 1.165) is 0 Å². The van der Waals surface area contributed by atoms with Gasteiger partial charge < -0.3 is 9.47 Å². The minimum atomic E-state index is -3.94. The standard InChI is InChI=1S/C18H16ClFN4O4S/c1-11-15(27-13-5-3-12(19)4-6-13)9-22-10-16(11)28-14-7-8-23-18(17(14)20)24-29(25,26)21-2/h3-10,21H,1-2H3,(H,23,24). The number of hydrogen-bond acceptors (Lipinski definition) is 6. The molecule has 0 spiro atoms. The first-order chi connectivity index (χ1) is 13.8. The highest BCUT2D eigenvalue weighted by Gasteiger charge is 2.18. The van der Waals surface area contributed by atoms with Crippen LogP contribution in [-0.2, 0) is 10.2 Å². The van der Waals surface area contributed by atoms with Crippen molar-refractivity contribution in [3.63, 3.8) is 0 Å². The van der Waals surface area contributed by atoms with Gasteiger partial charge in [-0.3, -0.25) is 9.71 Å². The number of ether oxygens (including phenoxy) is 2. The van der Waals surface area contributed by atoms with E-state index < -0.39 is 21.8 Å². The third kappa shape index (κ3) is 5.11. The van der Waals surface area contributed by atoms with Crippen molar-refractivity contribution in [3.05, 3.63) is 65.3 Å². The number of rotatable bonds is 7. The van der Waals surface area contributed by atoms with Crippen molar-refractivity contribution in [3.8, 4) is 23.0 Å². The zero-order valence-corrected chi connectivity index (χ0v) is 16.9. The molecule has 2 aromatic heterocycles. The highest BCUT2D eigenvalue weighted by atomic mass is 35.5. The predicted molar refractivity (Wildman–Crippen MR) is 106 cm³/mol. The zero-order chi connectivity index (χ0) is 21.0. The van der Waals surface area contributed by atoms with Crippen molar-refractivity contribution in [1.82, 2.24) is 14.7 Å². The first-order valence-corrected chi connectivity index (χ1v) is 10.1. The van der Waals surface area contributed by atoms with Crippen molar-refractivity contribution >= 4 is 27.6 Å². The Kier molecular flexibility index (Phi) is 6.16. The van der Waals surface area contributed by atoms with Gasteiger partial charge in [0, 0.05) is 29.9 Å². The molecule has 0 aliphatic heterocycles. The lowest BCUT2D eigenvalue weighted by atomic mass is 10.2. The lowest BCUT2D eigenvalue weighted by molar-refractivity contribution is 0.426. The summed E-state index contributed by atoms with van der Waals surface area (Å²) in [6.07, 6.45) is 4.09. The van der Waals surface area contributed by atoms with Gasteiger partial charge in [-0.25, -0.2) is 9.71 Å². The van der Waals surface area contributed by atoms with Crippen LogP contribution in [0.5, 0.6) is 23.0 Å². The van der Waals surface area contributed by atoms with Gasteiger partial charge in [0.1, 0.15) is 5.75 Å². The van der Waals surface area contributed by atoms with Gasteiger partial charge in [-0.1, -0.05) is 11.6 Å². The molecule has 0 saturated carbocycles. The minimum Gasteiger partial charge on any atom is -0.455 e. The van der Waals surface area contributed by atoms with Crippen LogP contribution in [0.3, 0.4) is 0 Å². The molecule has 29 heavy (non-hydrogen) atoms. The third-order valence-corrected chi connectivity index (χ3v) is 4.99. The van der Waals surface area contributed by atoms with Gasteiger partial charge in [0.15, 0.2) is 23.1 Å². The summed E-state index contributed by atoms with van der Waals surface area (Å²) in [6.45, 7) is 1.71. The maximum absolute atomic E-state index is 14.6. The molecule has 0 saturated heterocycles. The van der Waals surface area contributed by atoms with Crippen LogP contribution < -0.4 is 18.9 Å². The van der Waals surface area contributed by atoms with Crippen LogP contribution in [0.4, 0.5) is 10.2 Å². The Morgan fingerprint density at radius 2 is 1.69 bits per heavy atom. The quantitative estimate of drug-likeness (QED) is 0.577. The molecule has 1 aromatic carbocycles. The number of aromatic nitrogens is 2. The van der Waals surface area contributed by atoms with E-state index in [9.17, 15) is 12.8 Å². The van der Waals surface area contributed by atoms with E-state index in [-0.39, 0.29) is 11.5 Å². The number of benzene rings is 1. The fraction of sp³-hybridized carbons (Fsp3) is 0.111. The summed E-state index contributed by atoms with van der Waals surface area (Å²) >= 11 is 5.86. The molecule has 152 valence electrons. The summed E-state index contributed by atoms with van der Waals surface area (Å²) in [7, 11) is -2.75. The number of pyridine rings is 2. The highest BCUT2D eigenvalue weighted by molar-refractivity contribution is 7.90. The second-order valence-electron chi connectivity index (χ2n) is 5.70. The van der Waals surface area contributed by atoms with Crippen LogP contribution in [0.25, 0.3) is 0 Å². The molecule has 0 amide bonds. The van der Waals surface area contributed by atoms with Crippen LogP contribution >= 0.6 is 11.6 Å². The molecular formula is C18H16ClFN4O4S. The lowest BCUT2D eigenvalue weighted by Gasteiger charge is -2.14. The van der Waals surface area contributed by atoms with Crippen molar-refractivity contribution in [2.75, 3.05) is 11.8 Å². The Morgan fingerprint density at radius 3 is 2.34 bits per heavy atom. The molecule has 2 N–H and O–H groups in total. The van der Waals surface area contributed by atoms with Crippen LogP contribution in [-0.4, -0.2) is 25.4 Å². The van der Waals surface area contributed by atoms with E-state index in [0.29, 0.717) is 22.1 Å². The number of hydrogen-bond donors (Lipinski definition) is 2. The van der Waals surface area contributed by atoms with Gasteiger partial charge in [-0.2, -0.15) is 12.8 Å². The smallest absolute Gasteiger partial charge is 0.300 e. The van der Waals surface area contributed by atoms with E-state index in [4.69, 9.17) is 21.1 Å². The summed E-state index contributed by atoms with van der Waals surface area (Å²) in [5.41, 5.74) is 0.559. The topological polar surface area (TPSA) is 102 Å². The predicted octanol–water partition coefficient (Wildman–Crippen LogP) is 4.04. The molecule has 0 fully saturated rings. The number of nitrogens with one attached hydrogen (secondary N) is 2. The summed E-state index contributed by atoms with van der Waals surface area (Å²) in [5, 5.41) is 0.571. The van der Waals surface area contributed by atoms with Crippen molar-refractivity contribution in [2.45, 2.75) is 6.92 Å². The first-order valence-electron chi connectivity index (χ1n) is 8.20. The van der Waals surface area contributed by atoms with Gasteiger partial charge in [0.2, 0.25) is 5.82 Å². The summed E-state index contributed by atoms with van der Waals surface area (Å²) in [6, 6.07) is 8.01. The molecule has 0 bridgehead atoms. The SMILES string of the molecule is CNS(=O)(=O)Nc1nccc(Oc2cncc(Oc3ccc(Cl)cc3)c2C)c1F. The van der Waals surface area contributed by atoms with Gasteiger partial charge in [0.25, 0.3) is 10.2 Å². The molecule has 2 heterocycles. The van der Waals surface area contributed by atoms with Crippen molar-refractivity contribution in [2.24, 2.45) is 0 Å². The van der Waals surface area contributed by atoms with E-state index in [1.54, 1.807) is 31.2 Å². The number of halogens is 2. The Balaban J connectivity index is 1.86. The maximum atomic E-state index is 14.6. The molecular weight excluding hydrogens is 423 g/mol. The Bertz CT molecular complexity index is 1130. The van der Waals surface area contributed by atoms with Crippen LogP contribution in [0.1, 0.15) is 5.56 Å². The minimum absolute atomic E-state index is 0.226. The van der Waals surface area contributed by atoms with Gasteiger partial charge >= 0.3 is 0 Å². The number of anilines is 1. The fourth-order valence-corrected chi connectivity index (χ4v) is 2.82. The fourth-order valence-electron chi connectivity index (χ4n) is 2.20. The second-order valence-corrected chi connectivity index (χ2v) is 7.76. The molecule has 8 nitrogen and oxygen atoms in total. The Labute approximate surface area is 171 Å². The van der Waals surface area contributed by atoms with Gasteiger partial charge in [-0.15, -0.1) is 0 Å². The van der Waals surface area contributed by atoms with Crippen LogP contribution in [0, 0.1) is 12.7 Å². The van der Waals surface area contributed by atoms with Gasteiger partial charge in [0.05, 0.1) is 12.4 Å². The van der Waals surface area contributed by atoms with E-state index in [1.807, 2.05) is 9.44 Å². The molecule has 3 aromatic rings. The molecule has 0 aliphatic carbocycles. The largest absolute Gasteiger partial charge is 0.455 e. The van der Waals surface area contributed by atoms with Crippen molar-refractivity contribution < 1.29 is 22.3 Å². The van der Waals surface area contributed by atoms with E-state index in [2.05, 4.69) is 9.97 Å². The average molecular weight is 439 g/mol. The van der Waals surface area contributed by atoms with Crippen LogP contribution in [0.15, 0.2) is 48.9 Å². The average Bonchev–Trinajstić information content (AvgIpc) is 2.69. The maximum Gasteiger partial charge on any atom is 0.300 e. The Morgan fingerprint density at radius 1 is 1.03 bits per heavy atom. The second kappa shape index (κ2) is 8.60. The lowest BCUT2D eigenvalue weighted by Crippen LogP contribution is -2.27. The summed E-state index contributed by atoms with van der Waals surface area (Å²) in [5.74, 6) is -0.553. The normalized spacial score (nSPS) is 11.2. The monoisotopic (exact) mass is 438 g/mol.